The number of ether oxygens (including phenoxy) is 1. The number of aromatic hydroxyl groups is 2. The largest absolute Gasteiger partial charge is 0.582 e. The van der Waals surface area contributed by atoms with Crippen LogP contribution in [0.5, 0.6) is 11.5 Å². The lowest BCUT2D eigenvalue weighted by Crippen LogP contribution is -1.85. The van der Waals surface area contributed by atoms with E-state index in [9.17, 15) is 0 Å². The lowest BCUT2D eigenvalue weighted by molar-refractivity contribution is 0.128. The first-order valence-electron chi connectivity index (χ1n) is 3.30. The Morgan fingerprint density at radius 1 is 1.45 bits per heavy atom. The molecule has 11 heavy (non-hydrogen) atoms. The fraction of sp³-hybridized carbons (Fsp3) is 0.250. The van der Waals surface area contributed by atoms with Crippen molar-refractivity contribution in [3.8, 4) is 11.5 Å². The third-order valence-corrected chi connectivity index (χ3v) is 1.46. The number of benzene rings is 1. The maximum atomic E-state index is 9.16. The predicted octanol–water partition coefficient (Wildman–Crippen LogP) is 0.756. The quantitative estimate of drug-likeness (QED) is 0.489. The van der Waals surface area contributed by atoms with Gasteiger partial charge in [0, 0.05) is 6.07 Å². The highest BCUT2D eigenvalue weighted by atomic mass is 16.5. The number of rotatable bonds is 2. The van der Waals surface area contributed by atoms with Gasteiger partial charge in [0.1, 0.15) is 0 Å². The molecule has 0 atom stereocenters. The number of phenols is 1. The fourth-order valence-corrected chi connectivity index (χ4v) is 0.846. The van der Waals surface area contributed by atoms with Crippen molar-refractivity contribution < 1.29 is 14.9 Å². The van der Waals surface area contributed by atoms with Gasteiger partial charge in [0.2, 0.25) is 5.75 Å². The number of aliphatic hydroxyl groups is 2. The summed E-state index contributed by atoms with van der Waals surface area (Å²) in [7, 11) is 1.59. The minimum atomic E-state index is -0.0250. The van der Waals surface area contributed by atoms with Crippen LogP contribution in [0, 0.1) is 0 Å². The number of phenolic OH excluding ortho intramolecular Hbond substituents is 1. The van der Waals surface area contributed by atoms with Gasteiger partial charge in [0.25, 0.3) is 5.75 Å². The summed E-state index contributed by atoms with van der Waals surface area (Å²) in [4.78, 5) is 0. The Morgan fingerprint density at radius 2 is 2.18 bits per heavy atom. The topological polar surface area (TPSA) is 53.3 Å². The molecule has 0 saturated carbocycles. The van der Waals surface area contributed by atoms with E-state index in [-0.39, 0.29) is 12.4 Å². The highest BCUT2D eigenvalue weighted by Crippen LogP contribution is 2.26. The van der Waals surface area contributed by atoms with Crippen molar-refractivity contribution in [1.29, 1.82) is 0 Å². The summed E-state index contributed by atoms with van der Waals surface area (Å²) in [5, 5.41) is 17.9. The van der Waals surface area contributed by atoms with Crippen LogP contribution in [-0.2, 0) is 6.61 Å². The highest BCUT2D eigenvalue weighted by molar-refractivity contribution is 5.40. The average Bonchev–Trinajstić information content (AvgIpc) is 2.05. The van der Waals surface area contributed by atoms with E-state index in [1.54, 1.807) is 19.2 Å². The standard InChI is InChI=1S/C8H10O3/c1-11-8-4-6(5-9)2-3-7(8)10/h2-4,9-10H,5H2,1H3/p+1. The Labute approximate surface area is 64.9 Å². The van der Waals surface area contributed by atoms with E-state index >= 15 is 0 Å². The zero-order valence-electron chi connectivity index (χ0n) is 6.28. The van der Waals surface area contributed by atoms with Crippen LogP contribution in [-0.4, -0.2) is 22.1 Å². The summed E-state index contributed by atoms with van der Waals surface area (Å²) in [6.45, 7) is -0.0250. The molecule has 3 N–H and O–H groups in total. The van der Waals surface area contributed by atoms with E-state index in [4.69, 9.17) is 10.2 Å². The first-order valence-corrected chi connectivity index (χ1v) is 3.30. The van der Waals surface area contributed by atoms with E-state index in [0.29, 0.717) is 5.75 Å². The van der Waals surface area contributed by atoms with Crippen LogP contribution >= 0.6 is 0 Å². The second-order valence-corrected chi connectivity index (χ2v) is 2.20. The Bertz CT molecular complexity index is 245. The lowest BCUT2D eigenvalue weighted by atomic mass is 10.2. The molecule has 0 saturated heterocycles. The number of hydrogen-bond donors (Lipinski definition) is 2. The second kappa shape index (κ2) is 3.25. The molecule has 0 aromatic heterocycles. The molecule has 0 aliphatic rings. The van der Waals surface area contributed by atoms with Crippen LogP contribution in [0.2, 0.25) is 0 Å². The molecule has 0 heterocycles. The van der Waals surface area contributed by atoms with Gasteiger partial charge in [-0.05, 0) is 11.6 Å². The minimum absolute atomic E-state index is 0.0250. The molecule has 0 radical (unpaired) electrons. The minimum Gasteiger partial charge on any atom is -0.582 e. The smallest absolute Gasteiger partial charge is 0.297 e. The zero-order valence-corrected chi connectivity index (χ0v) is 6.28. The molecule has 1 rings (SSSR count). The first kappa shape index (κ1) is 7.88. The summed E-state index contributed by atoms with van der Waals surface area (Å²) in [5.74, 6) is 0.654. The molecule has 1 aromatic rings. The van der Waals surface area contributed by atoms with Gasteiger partial charge in [-0.1, -0.05) is 6.07 Å². The third-order valence-electron chi connectivity index (χ3n) is 1.46. The van der Waals surface area contributed by atoms with Crippen LogP contribution < -0.4 is 0 Å². The third kappa shape index (κ3) is 1.62. The molecule has 0 spiro atoms. The van der Waals surface area contributed by atoms with Gasteiger partial charge < -0.3 is 14.9 Å². The van der Waals surface area contributed by atoms with Crippen molar-refractivity contribution in [1.82, 2.24) is 0 Å². The van der Waals surface area contributed by atoms with Gasteiger partial charge in [0.15, 0.2) is 7.11 Å². The summed E-state index contributed by atoms with van der Waals surface area (Å²) < 4.78 is 3.82. The van der Waals surface area contributed by atoms with E-state index in [1.807, 2.05) is 0 Å². The summed E-state index contributed by atoms with van der Waals surface area (Å²) in [6, 6.07) is 4.83. The van der Waals surface area contributed by atoms with Crippen LogP contribution in [0.4, 0.5) is 0 Å². The van der Waals surface area contributed by atoms with Crippen LogP contribution in [0.3, 0.4) is 0 Å². The van der Waals surface area contributed by atoms with Crippen LogP contribution in [0.1, 0.15) is 5.56 Å². The van der Waals surface area contributed by atoms with Gasteiger partial charge in [-0.2, -0.15) is 0 Å². The monoisotopic (exact) mass is 155 g/mol. The Hall–Kier alpha value is -1.22. The van der Waals surface area contributed by atoms with Gasteiger partial charge in [0.05, 0.1) is 6.61 Å². The maximum Gasteiger partial charge on any atom is 0.297 e. The lowest BCUT2D eigenvalue weighted by Gasteiger charge is -2.01. The first-order chi connectivity index (χ1) is 5.27. The SMILES string of the molecule is C[OH+]c1cc(CO)ccc1O. The summed E-state index contributed by atoms with van der Waals surface area (Å²) in [6.07, 6.45) is 0. The molecule has 0 aliphatic carbocycles. The second-order valence-electron chi connectivity index (χ2n) is 2.20. The van der Waals surface area contributed by atoms with Crippen molar-refractivity contribution in [2.45, 2.75) is 6.61 Å². The Morgan fingerprint density at radius 3 is 2.73 bits per heavy atom. The molecule has 3 heteroatoms. The molecule has 0 aliphatic heterocycles. The Balaban J connectivity index is 3.02. The van der Waals surface area contributed by atoms with Gasteiger partial charge in [-0.25, -0.2) is 0 Å². The molecule has 0 bridgehead atoms. The molecule has 60 valence electrons. The van der Waals surface area contributed by atoms with Gasteiger partial charge >= 0.3 is 0 Å². The fourth-order valence-electron chi connectivity index (χ4n) is 0.846. The van der Waals surface area contributed by atoms with Crippen molar-refractivity contribution in [3.63, 3.8) is 0 Å². The molecule has 0 amide bonds. The predicted molar refractivity (Wildman–Crippen MR) is 41.6 cm³/mol. The van der Waals surface area contributed by atoms with Crippen molar-refractivity contribution in [2.24, 2.45) is 0 Å². The highest BCUT2D eigenvalue weighted by Gasteiger charge is 2.05. The summed E-state index contributed by atoms with van der Waals surface area (Å²) in [5.41, 5.74) is 0.753. The van der Waals surface area contributed by atoms with Crippen molar-refractivity contribution >= 4 is 0 Å². The van der Waals surface area contributed by atoms with E-state index in [0.717, 1.165) is 5.56 Å². The maximum absolute atomic E-state index is 9.16. The number of aliphatic hydroxyl groups excluding tert-OH is 1. The molecule has 1 aromatic carbocycles. The Kier molecular flexibility index (Phi) is 2.33. The van der Waals surface area contributed by atoms with Gasteiger partial charge in [-0.3, -0.25) is 0 Å². The zero-order chi connectivity index (χ0) is 8.27. The van der Waals surface area contributed by atoms with Crippen molar-refractivity contribution in [3.05, 3.63) is 23.8 Å². The molecule has 3 nitrogen and oxygen atoms in total. The van der Waals surface area contributed by atoms with Crippen molar-refractivity contribution in [2.75, 3.05) is 7.11 Å². The van der Waals surface area contributed by atoms with E-state index in [2.05, 4.69) is 4.74 Å². The number of hydrogen-bond acceptors (Lipinski definition) is 2. The van der Waals surface area contributed by atoms with Crippen LogP contribution in [0.25, 0.3) is 0 Å². The molecule has 0 unspecified atom stereocenters. The molecule has 0 fully saturated rings. The molecular formula is C8H11O3+. The van der Waals surface area contributed by atoms with E-state index in [1.165, 1.54) is 6.07 Å². The van der Waals surface area contributed by atoms with Gasteiger partial charge in [-0.15, -0.1) is 0 Å². The summed E-state index contributed by atoms with van der Waals surface area (Å²) >= 11 is 0. The average molecular weight is 155 g/mol. The normalized spacial score (nSPS) is 9.64. The molecular weight excluding hydrogens is 144 g/mol. The van der Waals surface area contributed by atoms with E-state index < -0.39 is 0 Å². The van der Waals surface area contributed by atoms with Crippen LogP contribution in [0.15, 0.2) is 18.2 Å².